The highest BCUT2D eigenvalue weighted by atomic mass is 32.2. The van der Waals surface area contributed by atoms with Gasteiger partial charge in [0.2, 0.25) is 0 Å². The molecule has 1 nitrogen and oxygen atoms in total. The molecule has 54 valence electrons. The summed E-state index contributed by atoms with van der Waals surface area (Å²) >= 11 is 1.97. The minimum atomic E-state index is 1.21. The minimum absolute atomic E-state index is 1.21. The summed E-state index contributed by atoms with van der Waals surface area (Å²) in [6, 6.07) is 2.28. The lowest BCUT2D eigenvalue weighted by atomic mass is 10.3. The van der Waals surface area contributed by atoms with Crippen molar-refractivity contribution in [2.24, 2.45) is 0 Å². The molecule has 1 aliphatic rings. The Balaban J connectivity index is 2.59. The van der Waals surface area contributed by atoms with Gasteiger partial charge in [0.1, 0.15) is 0 Å². The Bertz CT molecular complexity index is 262. The van der Waals surface area contributed by atoms with Crippen LogP contribution in [0.5, 0.6) is 0 Å². The Morgan fingerprint density at radius 3 is 3.00 bits per heavy atom. The largest absolute Gasteiger partial charge is 0.339 e. The molecule has 0 aromatic carbocycles. The molecule has 2 rings (SSSR count). The van der Waals surface area contributed by atoms with Crippen LogP contribution in [0.1, 0.15) is 11.3 Å². The summed E-state index contributed by atoms with van der Waals surface area (Å²) in [6.45, 7) is 5.59. The first-order chi connectivity index (χ1) is 4.79. The van der Waals surface area contributed by atoms with E-state index in [2.05, 4.69) is 24.5 Å². The van der Waals surface area contributed by atoms with Crippen LogP contribution in [0.15, 0.2) is 11.1 Å². The SMILES string of the molecule is Cc1cc2n(c1C)CCS2. The van der Waals surface area contributed by atoms with E-state index in [9.17, 15) is 0 Å². The number of thioether (sulfide) groups is 1. The van der Waals surface area contributed by atoms with Gasteiger partial charge < -0.3 is 4.57 Å². The van der Waals surface area contributed by atoms with Gasteiger partial charge in [0.25, 0.3) is 0 Å². The summed E-state index contributed by atoms with van der Waals surface area (Å²) in [5.74, 6) is 1.26. The van der Waals surface area contributed by atoms with Gasteiger partial charge in [-0.15, -0.1) is 11.8 Å². The Morgan fingerprint density at radius 2 is 2.30 bits per heavy atom. The molecule has 0 saturated heterocycles. The van der Waals surface area contributed by atoms with Crippen molar-refractivity contribution in [3.63, 3.8) is 0 Å². The first kappa shape index (κ1) is 6.35. The number of rotatable bonds is 0. The zero-order valence-corrected chi connectivity index (χ0v) is 7.16. The molecule has 0 amide bonds. The number of hydrogen-bond donors (Lipinski definition) is 0. The Hall–Kier alpha value is -0.370. The van der Waals surface area contributed by atoms with Crippen molar-refractivity contribution in [2.75, 3.05) is 5.75 Å². The summed E-state index contributed by atoms with van der Waals surface area (Å²) < 4.78 is 2.40. The van der Waals surface area contributed by atoms with Gasteiger partial charge in [0.05, 0.1) is 5.03 Å². The highest BCUT2D eigenvalue weighted by molar-refractivity contribution is 7.99. The van der Waals surface area contributed by atoms with E-state index in [1.807, 2.05) is 11.8 Å². The van der Waals surface area contributed by atoms with Gasteiger partial charge in [-0.05, 0) is 25.5 Å². The fourth-order valence-corrected chi connectivity index (χ4v) is 2.51. The molecule has 0 atom stereocenters. The molecule has 2 heterocycles. The molecule has 2 heteroatoms. The van der Waals surface area contributed by atoms with E-state index in [1.165, 1.54) is 28.6 Å². The second-order valence-corrected chi connectivity index (χ2v) is 3.87. The molecule has 1 aromatic rings. The molecule has 0 aliphatic carbocycles. The van der Waals surface area contributed by atoms with Crippen LogP contribution >= 0.6 is 11.8 Å². The smallest absolute Gasteiger partial charge is 0.0753 e. The summed E-state index contributed by atoms with van der Waals surface area (Å²) in [5.41, 5.74) is 2.88. The van der Waals surface area contributed by atoms with E-state index in [-0.39, 0.29) is 0 Å². The summed E-state index contributed by atoms with van der Waals surface area (Å²) in [5, 5.41) is 1.45. The number of nitrogens with zero attached hydrogens (tertiary/aromatic N) is 1. The number of fused-ring (bicyclic) bond motifs is 1. The summed E-state index contributed by atoms with van der Waals surface area (Å²) in [7, 11) is 0. The van der Waals surface area contributed by atoms with E-state index in [0.29, 0.717) is 0 Å². The van der Waals surface area contributed by atoms with Crippen LogP contribution in [0.3, 0.4) is 0 Å². The average Bonchev–Trinajstić information content (AvgIpc) is 2.41. The second kappa shape index (κ2) is 2.06. The molecular formula is C8H11NS. The van der Waals surface area contributed by atoms with E-state index in [4.69, 9.17) is 0 Å². The minimum Gasteiger partial charge on any atom is -0.339 e. The van der Waals surface area contributed by atoms with Crippen molar-refractivity contribution in [3.8, 4) is 0 Å². The molecule has 0 saturated carbocycles. The standard InChI is InChI=1S/C8H11NS/c1-6-5-8-9(7(6)2)3-4-10-8/h5H,3-4H2,1-2H3. The van der Waals surface area contributed by atoms with Gasteiger partial charge in [-0.3, -0.25) is 0 Å². The Labute approximate surface area is 65.4 Å². The lowest BCUT2D eigenvalue weighted by molar-refractivity contribution is 0.714. The van der Waals surface area contributed by atoms with Crippen molar-refractivity contribution in [1.29, 1.82) is 0 Å². The normalized spacial score (nSPS) is 15.8. The molecular weight excluding hydrogens is 142 g/mol. The maximum Gasteiger partial charge on any atom is 0.0753 e. The van der Waals surface area contributed by atoms with Crippen molar-refractivity contribution in [2.45, 2.75) is 25.4 Å². The summed E-state index contributed by atoms with van der Waals surface area (Å²) in [6.07, 6.45) is 0. The third-order valence-corrected chi connectivity index (χ3v) is 3.17. The van der Waals surface area contributed by atoms with Crippen molar-refractivity contribution >= 4 is 11.8 Å². The first-order valence-corrected chi connectivity index (χ1v) is 4.57. The second-order valence-electron chi connectivity index (χ2n) is 2.75. The van der Waals surface area contributed by atoms with Gasteiger partial charge in [0.15, 0.2) is 0 Å². The molecule has 0 radical (unpaired) electrons. The predicted molar refractivity (Wildman–Crippen MR) is 44.6 cm³/mol. The van der Waals surface area contributed by atoms with Crippen LogP contribution in [0, 0.1) is 13.8 Å². The monoisotopic (exact) mass is 153 g/mol. The lowest BCUT2D eigenvalue weighted by Crippen LogP contribution is -1.95. The maximum atomic E-state index is 2.40. The van der Waals surface area contributed by atoms with Gasteiger partial charge >= 0.3 is 0 Å². The van der Waals surface area contributed by atoms with Gasteiger partial charge in [-0.25, -0.2) is 0 Å². The molecule has 0 fully saturated rings. The zero-order valence-electron chi connectivity index (χ0n) is 6.35. The zero-order chi connectivity index (χ0) is 7.14. The van der Waals surface area contributed by atoms with E-state index < -0.39 is 0 Å². The van der Waals surface area contributed by atoms with E-state index in [1.54, 1.807) is 0 Å². The van der Waals surface area contributed by atoms with Crippen LogP contribution in [-0.2, 0) is 6.54 Å². The lowest BCUT2D eigenvalue weighted by Gasteiger charge is -1.98. The van der Waals surface area contributed by atoms with Crippen LogP contribution in [0.2, 0.25) is 0 Å². The average molecular weight is 153 g/mol. The quantitative estimate of drug-likeness (QED) is 0.553. The topological polar surface area (TPSA) is 4.93 Å². The fraction of sp³-hybridized carbons (Fsp3) is 0.500. The molecule has 0 spiro atoms. The van der Waals surface area contributed by atoms with Crippen LogP contribution in [-0.4, -0.2) is 10.3 Å². The highest BCUT2D eigenvalue weighted by Gasteiger charge is 2.13. The highest BCUT2D eigenvalue weighted by Crippen LogP contribution is 2.30. The van der Waals surface area contributed by atoms with Crippen molar-refractivity contribution in [1.82, 2.24) is 4.57 Å². The molecule has 0 N–H and O–H groups in total. The molecule has 1 aromatic heterocycles. The summed E-state index contributed by atoms with van der Waals surface area (Å²) in [4.78, 5) is 0. The van der Waals surface area contributed by atoms with Crippen molar-refractivity contribution in [3.05, 3.63) is 17.3 Å². The third-order valence-electron chi connectivity index (χ3n) is 2.15. The third kappa shape index (κ3) is 0.717. The molecule has 10 heavy (non-hydrogen) atoms. The van der Waals surface area contributed by atoms with Crippen LogP contribution in [0.4, 0.5) is 0 Å². The Morgan fingerprint density at radius 1 is 1.50 bits per heavy atom. The Kier molecular flexibility index (Phi) is 1.31. The molecule has 1 aliphatic heterocycles. The van der Waals surface area contributed by atoms with Gasteiger partial charge in [-0.2, -0.15) is 0 Å². The predicted octanol–water partition coefficient (Wildman–Crippen LogP) is 2.21. The van der Waals surface area contributed by atoms with E-state index >= 15 is 0 Å². The van der Waals surface area contributed by atoms with Gasteiger partial charge in [-0.1, -0.05) is 0 Å². The molecule has 0 bridgehead atoms. The van der Waals surface area contributed by atoms with Crippen LogP contribution in [0.25, 0.3) is 0 Å². The van der Waals surface area contributed by atoms with Crippen LogP contribution < -0.4 is 0 Å². The maximum absolute atomic E-state index is 2.40. The van der Waals surface area contributed by atoms with Crippen molar-refractivity contribution < 1.29 is 0 Å². The fourth-order valence-electron chi connectivity index (χ4n) is 1.38. The number of aryl methyl sites for hydroxylation is 1. The van der Waals surface area contributed by atoms with E-state index in [0.717, 1.165) is 0 Å². The number of aromatic nitrogens is 1. The number of hydrogen-bond acceptors (Lipinski definition) is 1. The van der Waals surface area contributed by atoms with Gasteiger partial charge in [0, 0.05) is 18.0 Å². The molecule has 0 unspecified atom stereocenters. The first-order valence-electron chi connectivity index (χ1n) is 3.58.